The molecule has 7 heteroatoms. The van der Waals surface area contributed by atoms with Crippen molar-refractivity contribution in [2.24, 2.45) is 0 Å². The zero-order valence-electron chi connectivity index (χ0n) is 15.3. The molecule has 3 aromatic rings. The van der Waals surface area contributed by atoms with Crippen LogP contribution in [0, 0.1) is 6.92 Å². The van der Waals surface area contributed by atoms with E-state index in [-0.39, 0.29) is 11.9 Å². The van der Waals surface area contributed by atoms with Crippen molar-refractivity contribution in [1.29, 1.82) is 0 Å². The second-order valence-electron chi connectivity index (χ2n) is 6.73. The summed E-state index contributed by atoms with van der Waals surface area (Å²) in [6.45, 7) is 4.54. The summed E-state index contributed by atoms with van der Waals surface area (Å²) in [6.07, 6.45) is 7.18. The zero-order chi connectivity index (χ0) is 18.8. The van der Waals surface area contributed by atoms with Crippen LogP contribution in [0.15, 0.2) is 42.9 Å². The summed E-state index contributed by atoms with van der Waals surface area (Å²) in [7, 11) is 0. The van der Waals surface area contributed by atoms with Crippen LogP contribution >= 0.6 is 0 Å². The smallest absolute Gasteiger partial charge is 0.262 e. The molecule has 7 nitrogen and oxygen atoms in total. The van der Waals surface area contributed by atoms with Crippen LogP contribution in [-0.4, -0.2) is 32.0 Å². The molecule has 1 aliphatic rings. The Morgan fingerprint density at radius 3 is 3.07 bits per heavy atom. The molecule has 1 amide bonds. The maximum atomic E-state index is 12.8. The van der Waals surface area contributed by atoms with Crippen LogP contribution in [0.5, 0.6) is 5.88 Å². The lowest BCUT2D eigenvalue weighted by Crippen LogP contribution is -2.17. The number of fused-ring (bicyclic) bond motifs is 5. The van der Waals surface area contributed by atoms with E-state index in [1.807, 2.05) is 25.3 Å². The number of hydrogen-bond acceptors (Lipinski definition) is 5. The summed E-state index contributed by atoms with van der Waals surface area (Å²) in [5.41, 5.74) is 2.03. The number of imidazole rings is 1. The van der Waals surface area contributed by atoms with Crippen molar-refractivity contribution in [3.63, 3.8) is 0 Å². The molecule has 0 saturated heterocycles. The molecule has 0 saturated carbocycles. The van der Waals surface area contributed by atoms with Gasteiger partial charge >= 0.3 is 0 Å². The number of amides is 1. The van der Waals surface area contributed by atoms with E-state index in [2.05, 4.69) is 31.8 Å². The van der Waals surface area contributed by atoms with E-state index in [4.69, 9.17) is 4.74 Å². The predicted molar refractivity (Wildman–Crippen MR) is 102 cm³/mol. The van der Waals surface area contributed by atoms with Gasteiger partial charge in [-0.05, 0) is 50.5 Å². The molecule has 3 aromatic heterocycles. The average Bonchev–Trinajstić information content (AvgIpc) is 3.15. The Hall–Kier alpha value is -3.22. The van der Waals surface area contributed by atoms with Gasteiger partial charge in [0.25, 0.3) is 5.91 Å². The van der Waals surface area contributed by atoms with Crippen molar-refractivity contribution in [3.05, 3.63) is 54.0 Å². The first-order valence-corrected chi connectivity index (χ1v) is 9.03. The highest BCUT2D eigenvalue weighted by Gasteiger charge is 2.18. The first-order valence-electron chi connectivity index (χ1n) is 9.03. The van der Waals surface area contributed by atoms with Gasteiger partial charge in [0.05, 0.1) is 6.61 Å². The largest absolute Gasteiger partial charge is 0.477 e. The predicted octanol–water partition coefficient (Wildman–Crippen LogP) is 3.63. The van der Waals surface area contributed by atoms with Gasteiger partial charge < -0.3 is 14.6 Å². The molecule has 0 unspecified atom stereocenters. The fourth-order valence-corrected chi connectivity index (χ4v) is 3.20. The number of aryl methyl sites for hydroxylation is 1. The molecule has 0 aliphatic carbocycles. The number of rotatable bonds is 0. The van der Waals surface area contributed by atoms with E-state index in [9.17, 15) is 4.79 Å². The van der Waals surface area contributed by atoms with E-state index in [1.165, 1.54) is 0 Å². The van der Waals surface area contributed by atoms with Crippen LogP contribution < -0.4 is 10.1 Å². The van der Waals surface area contributed by atoms with Gasteiger partial charge in [-0.15, -0.1) is 0 Å². The van der Waals surface area contributed by atoms with Crippen molar-refractivity contribution < 1.29 is 9.53 Å². The van der Waals surface area contributed by atoms with Gasteiger partial charge in [-0.2, -0.15) is 0 Å². The second kappa shape index (κ2) is 7.19. The number of hydrogen-bond donors (Lipinski definition) is 1. The lowest BCUT2D eigenvalue weighted by molar-refractivity contribution is 0.102. The minimum absolute atomic E-state index is 0.250. The molecular formula is C20H21N5O2. The van der Waals surface area contributed by atoms with E-state index in [0.717, 1.165) is 29.9 Å². The SMILES string of the molecule is Cc1cnc2c(c1)C(=O)Nc1cccc(n1)-c1nccn1[C@H](C)CCCO2. The minimum atomic E-state index is -0.292. The van der Waals surface area contributed by atoms with Gasteiger partial charge in [0.1, 0.15) is 17.1 Å². The lowest BCUT2D eigenvalue weighted by atomic mass is 10.1. The standard InChI is InChI=1S/C20H21N5O2/c1-13-11-15-19(26)24-17-7-3-6-16(23-17)18-21-8-9-25(18)14(2)5-4-10-27-20(15)22-12-13/h3,6-9,11-12,14H,4-5,10H2,1-2H3,(H,23,24,26)/t14-/m1/s1. The molecule has 4 rings (SSSR count). The Balaban J connectivity index is 1.77. The Labute approximate surface area is 157 Å². The monoisotopic (exact) mass is 363 g/mol. The molecule has 1 atom stereocenters. The number of aromatic nitrogens is 4. The highest BCUT2D eigenvalue weighted by molar-refractivity contribution is 6.05. The quantitative estimate of drug-likeness (QED) is 0.659. The lowest BCUT2D eigenvalue weighted by Gasteiger charge is -2.18. The first kappa shape index (κ1) is 17.2. The van der Waals surface area contributed by atoms with Gasteiger partial charge in [-0.1, -0.05) is 6.07 Å². The normalized spacial score (nSPS) is 17.1. The van der Waals surface area contributed by atoms with Crippen LogP contribution in [0.4, 0.5) is 5.82 Å². The van der Waals surface area contributed by atoms with Gasteiger partial charge in [-0.25, -0.2) is 15.0 Å². The van der Waals surface area contributed by atoms with E-state index in [1.54, 1.807) is 24.5 Å². The Morgan fingerprint density at radius 1 is 1.30 bits per heavy atom. The van der Waals surface area contributed by atoms with Crippen molar-refractivity contribution in [2.45, 2.75) is 32.7 Å². The molecule has 0 aromatic carbocycles. The van der Waals surface area contributed by atoms with Crippen molar-refractivity contribution >= 4 is 11.7 Å². The third-order valence-electron chi connectivity index (χ3n) is 4.60. The zero-order valence-corrected chi connectivity index (χ0v) is 15.3. The molecule has 2 bridgehead atoms. The number of nitrogens with zero attached hydrogens (tertiary/aromatic N) is 4. The molecule has 138 valence electrons. The number of pyridine rings is 2. The molecule has 1 N–H and O–H groups in total. The van der Waals surface area contributed by atoms with Crippen molar-refractivity contribution in [1.82, 2.24) is 19.5 Å². The molecule has 4 heterocycles. The van der Waals surface area contributed by atoms with E-state index < -0.39 is 0 Å². The summed E-state index contributed by atoms with van der Waals surface area (Å²) >= 11 is 0. The minimum Gasteiger partial charge on any atom is -0.477 e. The number of ether oxygens (including phenoxy) is 1. The maximum Gasteiger partial charge on any atom is 0.262 e. The summed E-state index contributed by atoms with van der Waals surface area (Å²) < 4.78 is 7.92. The van der Waals surface area contributed by atoms with Crippen LogP contribution in [0.2, 0.25) is 0 Å². The topological polar surface area (TPSA) is 81.9 Å². The molecular weight excluding hydrogens is 342 g/mol. The summed E-state index contributed by atoms with van der Waals surface area (Å²) in [5, 5.41) is 2.85. The molecule has 0 spiro atoms. The highest BCUT2D eigenvalue weighted by atomic mass is 16.5. The van der Waals surface area contributed by atoms with E-state index >= 15 is 0 Å². The van der Waals surface area contributed by atoms with Gasteiger partial charge in [-0.3, -0.25) is 4.79 Å². The number of nitrogens with one attached hydrogen (secondary N) is 1. The fraction of sp³-hybridized carbons (Fsp3) is 0.300. The summed E-state index contributed by atoms with van der Waals surface area (Å²) in [6, 6.07) is 7.55. The Kier molecular flexibility index (Phi) is 4.58. The molecule has 1 aliphatic heterocycles. The average molecular weight is 363 g/mol. The van der Waals surface area contributed by atoms with Crippen LogP contribution in [0.1, 0.15) is 41.7 Å². The summed E-state index contributed by atoms with van der Waals surface area (Å²) in [4.78, 5) is 26.1. The Bertz CT molecular complexity index is 982. The van der Waals surface area contributed by atoms with Gasteiger partial charge in [0.2, 0.25) is 5.88 Å². The number of carbonyl (C=O) groups excluding carboxylic acids is 1. The van der Waals surface area contributed by atoms with E-state index in [0.29, 0.717) is 23.9 Å². The van der Waals surface area contributed by atoms with Crippen molar-refractivity contribution in [2.75, 3.05) is 11.9 Å². The molecule has 27 heavy (non-hydrogen) atoms. The van der Waals surface area contributed by atoms with Crippen LogP contribution in [-0.2, 0) is 0 Å². The summed E-state index contributed by atoms with van der Waals surface area (Å²) in [5.74, 6) is 1.31. The first-order chi connectivity index (χ1) is 13.1. The van der Waals surface area contributed by atoms with Crippen LogP contribution in [0.3, 0.4) is 0 Å². The third-order valence-corrected chi connectivity index (χ3v) is 4.60. The second-order valence-corrected chi connectivity index (χ2v) is 6.73. The number of anilines is 1. The van der Waals surface area contributed by atoms with Crippen molar-refractivity contribution in [3.8, 4) is 17.4 Å². The van der Waals surface area contributed by atoms with Crippen LogP contribution in [0.25, 0.3) is 11.5 Å². The molecule has 0 fully saturated rings. The van der Waals surface area contributed by atoms with Gasteiger partial charge in [0, 0.05) is 24.6 Å². The number of carbonyl (C=O) groups is 1. The Morgan fingerprint density at radius 2 is 2.19 bits per heavy atom. The third kappa shape index (κ3) is 3.53. The molecule has 0 radical (unpaired) electrons. The fourth-order valence-electron chi connectivity index (χ4n) is 3.20. The highest BCUT2D eigenvalue weighted by Crippen LogP contribution is 2.25. The maximum absolute atomic E-state index is 12.8. The van der Waals surface area contributed by atoms with Gasteiger partial charge in [0.15, 0.2) is 5.82 Å².